The monoisotopic (exact) mass is 308 g/mol. The third kappa shape index (κ3) is 1.80. The number of benzene rings is 1. The van der Waals surface area contributed by atoms with Gasteiger partial charge in [0.05, 0.1) is 24.2 Å². The average molecular weight is 309 g/mol. The molecule has 0 unspecified atom stereocenters. The maximum atomic E-state index is 9.29. The number of imidazole rings is 1. The number of thiazole rings is 1. The van der Waals surface area contributed by atoms with Crippen LogP contribution in [0.25, 0.3) is 16.2 Å². The van der Waals surface area contributed by atoms with E-state index in [1.54, 1.807) is 17.5 Å². The summed E-state index contributed by atoms with van der Waals surface area (Å²) in [5.41, 5.74) is 3.00. The molecule has 2 heterocycles. The van der Waals surface area contributed by atoms with Crippen LogP contribution in [-0.4, -0.2) is 14.5 Å². The number of nitrogens with zero attached hydrogens (tertiary/aromatic N) is 2. The minimum Gasteiger partial charge on any atom is -0.390 e. The Kier molecular flexibility index (Phi) is 2.74. The lowest BCUT2D eigenvalue weighted by Crippen LogP contribution is -1.92. The topological polar surface area (TPSA) is 37.5 Å². The molecule has 0 amide bonds. The zero-order valence-electron chi connectivity index (χ0n) is 8.80. The summed E-state index contributed by atoms with van der Waals surface area (Å²) in [5.74, 6) is 0. The minimum absolute atomic E-state index is 0.00142. The Labute approximate surface area is 110 Å². The van der Waals surface area contributed by atoms with Crippen molar-refractivity contribution in [3.63, 3.8) is 0 Å². The summed E-state index contributed by atoms with van der Waals surface area (Å²) in [7, 11) is 0. The zero-order chi connectivity index (χ0) is 11.8. The standard InChI is InChI=1S/C12H9BrN2OS/c13-9-3-1-8(2-4-9)11-7-17-12-14-5-10(6-16)15(11)12/h1-5,7,16H,6H2. The van der Waals surface area contributed by atoms with Gasteiger partial charge in [-0.2, -0.15) is 0 Å². The second-order valence-electron chi connectivity index (χ2n) is 3.65. The Morgan fingerprint density at radius 3 is 2.76 bits per heavy atom. The summed E-state index contributed by atoms with van der Waals surface area (Å²) in [5, 5.41) is 11.4. The van der Waals surface area contributed by atoms with Gasteiger partial charge < -0.3 is 5.11 Å². The van der Waals surface area contributed by atoms with E-state index in [2.05, 4.69) is 26.3 Å². The number of rotatable bonds is 2. The normalized spacial score (nSPS) is 11.2. The smallest absolute Gasteiger partial charge is 0.194 e. The first kappa shape index (κ1) is 11.0. The number of aromatic nitrogens is 2. The molecule has 5 heteroatoms. The van der Waals surface area contributed by atoms with Gasteiger partial charge in [-0.05, 0) is 17.7 Å². The Balaban J connectivity index is 2.22. The fourth-order valence-corrected chi connectivity index (χ4v) is 2.96. The molecule has 3 nitrogen and oxygen atoms in total. The molecule has 3 aromatic rings. The molecule has 2 aromatic heterocycles. The van der Waals surface area contributed by atoms with Crippen LogP contribution in [0, 0.1) is 0 Å². The molecule has 17 heavy (non-hydrogen) atoms. The molecular weight excluding hydrogens is 300 g/mol. The van der Waals surface area contributed by atoms with Gasteiger partial charge in [0.25, 0.3) is 0 Å². The second kappa shape index (κ2) is 4.25. The summed E-state index contributed by atoms with van der Waals surface area (Å²) < 4.78 is 3.05. The molecule has 0 spiro atoms. The number of hydrogen-bond donors (Lipinski definition) is 1. The van der Waals surface area contributed by atoms with Gasteiger partial charge in [0, 0.05) is 9.85 Å². The number of hydrogen-bond acceptors (Lipinski definition) is 3. The first-order valence-corrected chi connectivity index (χ1v) is 6.77. The maximum Gasteiger partial charge on any atom is 0.194 e. The highest BCUT2D eigenvalue weighted by molar-refractivity contribution is 9.10. The van der Waals surface area contributed by atoms with E-state index < -0.39 is 0 Å². The molecule has 0 radical (unpaired) electrons. The molecule has 0 saturated heterocycles. The van der Waals surface area contributed by atoms with Crippen LogP contribution in [0.1, 0.15) is 5.69 Å². The van der Waals surface area contributed by atoms with Crippen LogP contribution in [0.5, 0.6) is 0 Å². The molecule has 86 valence electrons. The first-order valence-electron chi connectivity index (χ1n) is 5.10. The Hall–Kier alpha value is -1.17. The lowest BCUT2D eigenvalue weighted by Gasteiger charge is -2.02. The third-order valence-electron chi connectivity index (χ3n) is 2.62. The van der Waals surface area contributed by atoms with Crippen molar-refractivity contribution >= 4 is 32.2 Å². The van der Waals surface area contributed by atoms with Crippen molar-refractivity contribution in [3.05, 3.63) is 46.0 Å². The fourth-order valence-electron chi connectivity index (χ4n) is 1.80. The fraction of sp³-hybridized carbons (Fsp3) is 0.0833. The van der Waals surface area contributed by atoms with E-state index in [1.807, 2.05) is 28.7 Å². The van der Waals surface area contributed by atoms with E-state index in [0.29, 0.717) is 0 Å². The molecule has 0 bridgehead atoms. The van der Waals surface area contributed by atoms with Crippen LogP contribution in [0.4, 0.5) is 0 Å². The molecular formula is C12H9BrN2OS. The quantitative estimate of drug-likeness (QED) is 0.788. The van der Waals surface area contributed by atoms with Crippen LogP contribution < -0.4 is 0 Å². The van der Waals surface area contributed by atoms with Crippen molar-refractivity contribution in [2.75, 3.05) is 0 Å². The van der Waals surface area contributed by atoms with E-state index in [0.717, 1.165) is 26.4 Å². The predicted molar refractivity (Wildman–Crippen MR) is 72.1 cm³/mol. The van der Waals surface area contributed by atoms with Gasteiger partial charge in [-0.3, -0.25) is 4.40 Å². The lowest BCUT2D eigenvalue weighted by molar-refractivity contribution is 0.276. The molecule has 0 aliphatic rings. The molecule has 1 N–H and O–H groups in total. The SMILES string of the molecule is OCc1cnc2scc(-c3ccc(Br)cc3)n12. The van der Waals surface area contributed by atoms with Gasteiger partial charge in [-0.25, -0.2) is 4.98 Å². The molecule has 0 atom stereocenters. The van der Waals surface area contributed by atoms with Gasteiger partial charge in [0.2, 0.25) is 0 Å². The molecule has 0 aliphatic heterocycles. The Morgan fingerprint density at radius 1 is 1.29 bits per heavy atom. The van der Waals surface area contributed by atoms with Crippen molar-refractivity contribution in [1.82, 2.24) is 9.38 Å². The number of aliphatic hydroxyl groups is 1. The van der Waals surface area contributed by atoms with E-state index in [9.17, 15) is 5.11 Å². The van der Waals surface area contributed by atoms with Gasteiger partial charge in [-0.15, -0.1) is 11.3 Å². The van der Waals surface area contributed by atoms with Gasteiger partial charge in [0.1, 0.15) is 0 Å². The molecule has 0 saturated carbocycles. The number of aliphatic hydroxyl groups excluding tert-OH is 1. The predicted octanol–water partition coefficient (Wildman–Crippen LogP) is 3.32. The first-order chi connectivity index (χ1) is 8.29. The molecule has 3 rings (SSSR count). The zero-order valence-corrected chi connectivity index (χ0v) is 11.2. The lowest BCUT2D eigenvalue weighted by atomic mass is 10.2. The van der Waals surface area contributed by atoms with Crippen molar-refractivity contribution in [1.29, 1.82) is 0 Å². The largest absolute Gasteiger partial charge is 0.390 e. The highest BCUT2D eigenvalue weighted by Crippen LogP contribution is 2.28. The van der Waals surface area contributed by atoms with Crippen molar-refractivity contribution in [3.8, 4) is 11.3 Å². The van der Waals surface area contributed by atoms with Crippen LogP contribution in [0.3, 0.4) is 0 Å². The maximum absolute atomic E-state index is 9.29. The van der Waals surface area contributed by atoms with Crippen molar-refractivity contribution in [2.24, 2.45) is 0 Å². The van der Waals surface area contributed by atoms with E-state index >= 15 is 0 Å². The molecule has 0 fully saturated rings. The Bertz CT molecular complexity index is 657. The van der Waals surface area contributed by atoms with Crippen molar-refractivity contribution in [2.45, 2.75) is 6.61 Å². The summed E-state index contributed by atoms with van der Waals surface area (Å²) in [6, 6.07) is 8.11. The third-order valence-corrected chi connectivity index (χ3v) is 3.99. The number of halogens is 1. The van der Waals surface area contributed by atoms with Crippen molar-refractivity contribution < 1.29 is 5.11 Å². The molecule has 1 aromatic carbocycles. The van der Waals surface area contributed by atoms with Crippen LogP contribution in [0.2, 0.25) is 0 Å². The summed E-state index contributed by atoms with van der Waals surface area (Å²) in [6.07, 6.45) is 1.72. The van der Waals surface area contributed by atoms with Crippen LogP contribution in [0.15, 0.2) is 40.3 Å². The van der Waals surface area contributed by atoms with Crippen LogP contribution >= 0.6 is 27.3 Å². The second-order valence-corrected chi connectivity index (χ2v) is 5.41. The highest BCUT2D eigenvalue weighted by Gasteiger charge is 2.10. The van der Waals surface area contributed by atoms with Gasteiger partial charge >= 0.3 is 0 Å². The number of fused-ring (bicyclic) bond motifs is 1. The minimum atomic E-state index is 0.00142. The van der Waals surface area contributed by atoms with Gasteiger partial charge in [-0.1, -0.05) is 28.1 Å². The van der Waals surface area contributed by atoms with E-state index in [-0.39, 0.29) is 6.61 Å². The summed E-state index contributed by atoms with van der Waals surface area (Å²) in [6.45, 7) is 0.00142. The van der Waals surface area contributed by atoms with Gasteiger partial charge in [0.15, 0.2) is 4.96 Å². The Morgan fingerprint density at radius 2 is 2.06 bits per heavy atom. The average Bonchev–Trinajstić information content (AvgIpc) is 2.91. The summed E-state index contributed by atoms with van der Waals surface area (Å²) in [4.78, 5) is 5.17. The van der Waals surface area contributed by atoms with E-state index in [4.69, 9.17) is 0 Å². The van der Waals surface area contributed by atoms with Crippen LogP contribution in [-0.2, 0) is 6.61 Å². The molecule has 0 aliphatic carbocycles. The summed E-state index contributed by atoms with van der Waals surface area (Å²) >= 11 is 5.00. The van der Waals surface area contributed by atoms with E-state index in [1.165, 1.54) is 0 Å². The highest BCUT2D eigenvalue weighted by atomic mass is 79.9.